The van der Waals surface area contributed by atoms with Gasteiger partial charge in [0.25, 0.3) is 5.91 Å². The summed E-state index contributed by atoms with van der Waals surface area (Å²) in [6, 6.07) is 4.08. The zero-order chi connectivity index (χ0) is 15.5. The van der Waals surface area contributed by atoms with Gasteiger partial charge >= 0.3 is 5.97 Å². The summed E-state index contributed by atoms with van der Waals surface area (Å²) in [6.45, 7) is 5.62. The molecule has 0 aliphatic carbocycles. The fraction of sp³-hybridized carbons (Fsp3) is 0.429. The lowest BCUT2D eigenvalue weighted by Gasteiger charge is -2.30. The lowest BCUT2D eigenvalue weighted by atomic mass is 9.84. The standard InChI is InChI=1S/C14H19ClN2O3/c1-14(2,3)11(7-12(18)19)17-13(20)8-4-5-10(16)9(15)6-8/h4-6,11H,7,16H2,1-3H3,(H,17,20)(H,18,19). The molecule has 0 saturated carbocycles. The second-order valence-electron chi connectivity index (χ2n) is 5.73. The molecule has 0 aliphatic heterocycles. The first-order valence-electron chi connectivity index (χ1n) is 6.19. The minimum absolute atomic E-state index is 0.141. The van der Waals surface area contributed by atoms with Crippen LogP contribution in [0.5, 0.6) is 0 Å². The molecule has 0 aromatic heterocycles. The van der Waals surface area contributed by atoms with Gasteiger partial charge < -0.3 is 16.2 Å². The number of carbonyl (C=O) groups is 2. The summed E-state index contributed by atoms with van der Waals surface area (Å²) in [6.07, 6.45) is -0.141. The van der Waals surface area contributed by atoms with Crippen LogP contribution >= 0.6 is 11.6 Å². The van der Waals surface area contributed by atoms with E-state index < -0.39 is 12.0 Å². The molecule has 0 fully saturated rings. The molecule has 0 spiro atoms. The summed E-state index contributed by atoms with van der Waals surface area (Å²) in [5.74, 6) is -1.33. The van der Waals surface area contributed by atoms with Crippen LogP contribution in [0.1, 0.15) is 37.6 Å². The zero-order valence-corrected chi connectivity index (χ0v) is 12.5. The Balaban J connectivity index is 2.90. The van der Waals surface area contributed by atoms with Crippen molar-refractivity contribution >= 4 is 29.2 Å². The fourth-order valence-corrected chi connectivity index (χ4v) is 1.84. The third kappa shape index (κ3) is 4.42. The Morgan fingerprint density at radius 3 is 2.45 bits per heavy atom. The van der Waals surface area contributed by atoms with Crippen LogP contribution in [-0.2, 0) is 4.79 Å². The Bertz CT molecular complexity index is 524. The number of carboxylic acids is 1. The van der Waals surface area contributed by atoms with E-state index in [-0.39, 0.29) is 17.7 Å². The van der Waals surface area contributed by atoms with Gasteiger partial charge in [-0.25, -0.2) is 0 Å². The molecule has 0 heterocycles. The third-order valence-corrected chi connectivity index (χ3v) is 3.32. The molecule has 0 aliphatic rings. The number of hydrogen-bond acceptors (Lipinski definition) is 3. The van der Waals surface area contributed by atoms with Gasteiger partial charge in [0.05, 0.1) is 17.1 Å². The first-order valence-corrected chi connectivity index (χ1v) is 6.56. The summed E-state index contributed by atoms with van der Waals surface area (Å²) >= 11 is 5.87. The number of amides is 1. The van der Waals surface area contributed by atoms with Gasteiger partial charge in [-0.05, 0) is 23.6 Å². The maximum absolute atomic E-state index is 12.1. The number of rotatable bonds is 4. The normalized spacial score (nSPS) is 12.8. The Morgan fingerprint density at radius 1 is 1.40 bits per heavy atom. The van der Waals surface area contributed by atoms with E-state index in [1.807, 2.05) is 20.8 Å². The number of aliphatic carboxylic acids is 1. The summed E-state index contributed by atoms with van der Waals surface area (Å²) in [4.78, 5) is 23.0. The van der Waals surface area contributed by atoms with Gasteiger partial charge in [0.15, 0.2) is 0 Å². The number of benzene rings is 1. The third-order valence-electron chi connectivity index (χ3n) is 2.99. The number of halogens is 1. The molecular formula is C14H19ClN2O3. The van der Waals surface area contributed by atoms with Crippen LogP contribution in [0.25, 0.3) is 0 Å². The van der Waals surface area contributed by atoms with E-state index in [1.54, 1.807) is 12.1 Å². The Morgan fingerprint density at radius 2 is 2.00 bits per heavy atom. The molecule has 1 atom stereocenters. The quantitative estimate of drug-likeness (QED) is 0.745. The smallest absolute Gasteiger partial charge is 0.305 e. The lowest BCUT2D eigenvalue weighted by Crippen LogP contribution is -2.45. The van der Waals surface area contributed by atoms with Gasteiger partial charge in [-0.3, -0.25) is 9.59 Å². The lowest BCUT2D eigenvalue weighted by molar-refractivity contribution is -0.138. The van der Waals surface area contributed by atoms with Crippen molar-refractivity contribution in [3.8, 4) is 0 Å². The topological polar surface area (TPSA) is 92.4 Å². The molecule has 20 heavy (non-hydrogen) atoms. The van der Waals surface area contributed by atoms with Crippen LogP contribution in [-0.4, -0.2) is 23.0 Å². The molecular weight excluding hydrogens is 280 g/mol. The average molecular weight is 299 g/mol. The highest BCUT2D eigenvalue weighted by molar-refractivity contribution is 6.33. The van der Waals surface area contributed by atoms with Crippen LogP contribution < -0.4 is 11.1 Å². The highest BCUT2D eigenvalue weighted by atomic mass is 35.5. The fourth-order valence-electron chi connectivity index (χ4n) is 1.66. The largest absolute Gasteiger partial charge is 0.481 e. The predicted molar refractivity (Wildman–Crippen MR) is 78.8 cm³/mol. The summed E-state index contributed by atoms with van der Waals surface area (Å²) in [5.41, 5.74) is 5.96. The number of nitrogens with two attached hydrogens (primary N) is 1. The number of carboxylic acid groups (broad SMARTS) is 1. The molecule has 0 bridgehead atoms. The van der Waals surface area contributed by atoms with Crippen LogP contribution in [0.2, 0.25) is 5.02 Å². The van der Waals surface area contributed by atoms with Crippen molar-refractivity contribution in [2.24, 2.45) is 5.41 Å². The highest BCUT2D eigenvalue weighted by Gasteiger charge is 2.28. The molecule has 5 nitrogen and oxygen atoms in total. The average Bonchev–Trinajstić information content (AvgIpc) is 2.30. The SMILES string of the molecule is CC(C)(C)C(CC(=O)O)NC(=O)c1ccc(N)c(Cl)c1. The molecule has 6 heteroatoms. The van der Waals surface area contributed by atoms with Gasteiger partial charge in [0.2, 0.25) is 0 Å². The maximum atomic E-state index is 12.1. The summed E-state index contributed by atoms with van der Waals surface area (Å²) < 4.78 is 0. The predicted octanol–water partition coefficient (Wildman–Crippen LogP) is 2.54. The van der Waals surface area contributed by atoms with E-state index in [4.69, 9.17) is 22.4 Å². The van der Waals surface area contributed by atoms with Gasteiger partial charge in [0, 0.05) is 11.6 Å². The number of nitrogen functional groups attached to an aromatic ring is 1. The molecule has 0 radical (unpaired) electrons. The summed E-state index contributed by atoms with van der Waals surface area (Å²) in [5, 5.41) is 11.9. The number of anilines is 1. The van der Waals surface area contributed by atoms with Crippen molar-refractivity contribution in [2.75, 3.05) is 5.73 Å². The molecule has 1 aromatic rings. The Hall–Kier alpha value is -1.75. The van der Waals surface area contributed by atoms with E-state index in [2.05, 4.69) is 5.32 Å². The monoisotopic (exact) mass is 298 g/mol. The van der Waals surface area contributed by atoms with E-state index >= 15 is 0 Å². The molecule has 4 N–H and O–H groups in total. The second-order valence-corrected chi connectivity index (χ2v) is 6.13. The van der Waals surface area contributed by atoms with E-state index in [1.165, 1.54) is 6.07 Å². The van der Waals surface area contributed by atoms with E-state index in [9.17, 15) is 9.59 Å². The van der Waals surface area contributed by atoms with E-state index in [0.717, 1.165) is 0 Å². The van der Waals surface area contributed by atoms with Gasteiger partial charge in [-0.2, -0.15) is 0 Å². The minimum Gasteiger partial charge on any atom is -0.481 e. The van der Waals surface area contributed by atoms with Crippen LogP contribution in [0, 0.1) is 5.41 Å². The van der Waals surface area contributed by atoms with Gasteiger partial charge in [0.1, 0.15) is 0 Å². The second kappa shape index (κ2) is 6.13. The molecule has 1 amide bonds. The first kappa shape index (κ1) is 16.3. The number of hydrogen-bond donors (Lipinski definition) is 3. The summed E-state index contributed by atoms with van der Waals surface area (Å²) in [7, 11) is 0. The first-order chi connectivity index (χ1) is 9.11. The molecule has 1 rings (SSSR count). The Kier molecular flexibility index (Phi) is 5.00. The maximum Gasteiger partial charge on any atom is 0.305 e. The zero-order valence-electron chi connectivity index (χ0n) is 11.7. The molecule has 1 unspecified atom stereocenters. The molecule has 0 saturated heterocycles. The van der Waals surface area contributed by atoms with Crippen LogP contribution in [0.4, 0.5) is 5.69 Å². The van der Waals surface area contributed by atoms with Crippen LogP contribution in [0.3, 0.4) is 0 Å². The Labute approximate surface area is 123 Å². The van der Waals surface area contributed by atoms with Crippen molar-refractivity contribution in [1.82, 2.24) is 5.32 Å². The minimum atomic E-state index is -0.958. The molecule has 110 valence electrons. The van der Waals surface area contributed by atoms with Crippen molar-refractivity contribution in [3.63, 3.8) is 0 Å². The van der Waals surface area contributed by atoms with Crippen molar-refractivity contribution in [3.05, 3.63) is 28.8 Å². The van der Waals surface area contributed by atoms with Crippen LogP contribution in [0.15, 0.2) is 18.2 Å². The van der Waals surface area contributed by atoms with Gasteiger partial charge in [-0.15, -0.1) is 0 Å². The van der Waals surface area contributed by atoms with Crippen molar-refractivity contribution < 1.29 is 14.7 Å². The van der Waals surface area contributed by atoms with E-state index in [0.29, 0.717) is 16.3 Å². The molecule has 1 aromatic carbocycles. The van der Waals surface area contributed by atoms with Gasteiger partial charge in [-0.1, -0.05) is 32.4 Å². The van der Waals surface area contributed by atoms with Crippen molar-refractivity contribution in [2.45, 2.75) is 33.2 Å². The number of nitrogens with one attached hydrogen (secondary N) is 1. The number of carbonyl (C=O) groups excluding carboxylic acids is 1. The highest BCUT2D eigenvalue weighted by Crippen LogP contribution is 2.23. The van der Waals surface area contributed by atoms with Crippen molar-refractivity contribution in [1.29, 1.82) is 0 Å².